The van der Waals surface area contributed by atoms with Crippen molar-refractivity contribution in [3.05, 3.63) is 90.5 Å². The van der Waals surface area contributed by atoms with Gasteiger partial charge in [0.25, 0.3) is 5.91 Å². The molecular weight excluding hydrogens is 414 g/mol. The van der Waals surface area contributed by atoms with E-state index in [9.17, 15) is 9.59 Å². The summed E-state index contributed by atoms with van der Waals surface area (Å²) >= 11 is 0. The van der Waals surface area contributed by atoms with E-state index in [0.29, 0.717) is 32.7 Å². The number of ether oxygens (including phenoxy) is 1. The quantitative estimate of drug-likeness (QED) is 0.605. The normalized spacial score (nSPS) is 15.1. The van der Waals surface area contributed by atoms with E-state index in [-0.39, 0.29) is 11.8 Å². The minimum absolute atomic E-state index is 0.0403. The van der Waals surface area contributed by atoms with Gasteiger partial charge in [0.2, 0.25) is 5.91 Å². The summed E-state index contributed by atoms with van der Waals surface area (Å²) < 4.78 is 5.92. The van der Waals surface area contributed by atoms with Crippen LogP contribution in [-0.4, -0.2) is 42.9 Å². The van der Waals surface area contributed by atoms with Gasteiger partial charge in [0.15, 0.2) is 0 Å². The molecule has 3 aromatic rings. The summed E-state index contributed by atoms with van der Waals surface area (Å²) in [6, 6.07) is 21.8. The largest absolute Gasteiger partial charge is 0.457 e. The van der Waals surface area contributed by atoms with Crippen LogP contribution in [0.25, 0.3) is 11.1 Å². The maximum atomic E-state index is 12.5. The van der Waals surface area contributed by atoms with Gasteiger partial charge < -0.3 is 19.9 Å². The Morgan fingerprint density at radius 2 is 1.58 bits per heavy atom. The number of carbonyl (C=O) groups excluding carboxylic acids is 2. The molecule has 6 heteroatoms. The van der Waals surface area contributed by atoms with Gasteiger partial charge in [0.1, 0.15) is 11.5 Å². The molecule has 1 N–H and O–H groups in total. The molecular formula is C27H25N3O3. The highest BCUT2D eigenvalue weighted by atomic mass is 16.5. The third-order valence-electron chi connectivity index (χ3n) is 6.18. The zero-order chi connectivity index (χ0) is 22.8. The summed E-state index contributed by atoms with van der Waals surface area (Å²) in [5, 5.41) is 2.95. The molecule has 0 spiro atoms. The Bertz CT molecular complexity index is 1200. The molecule has 1 fully saturated rings. The average Bonchev–Trinajstić information content (AvgIpc) is 3.25. The van der Waals surface area contributed by atoms with E-state index in [1.54, 1.807) is 4.90 Å². The summed E-state index contributed by atoms with van der Waals surface area (Å²) in [7, 11) is 0. The van der Waals surface area contributed by atoms with E-state index in [4.69, 9.17) is 4.74 Å². The zero-order valence-corrected chi connectivity index (χ0v) is 18.3. The first-order valence-corrected chi connectivity index (χ1v) is 11.1. The molecule has 3 aromatic carbocycles. The van der Waals surface area contributed by atoms with Crippen molar-refractivity contribution in [2.75, 3.05) is 31.1 Å². The van der Waals surface area contributed by atoms with Crippen LogP contribution >= 0.6 is 0 Å². The summed E-state index contributed by atoms with van der Waals surface area (Å²) in [6.07, 6.45) is 1.36. The number of anilines is 1. The number of fused-ring (bicyclic) bond motifs is 1. The number of hydrogen-bond donors (Lipinski definition) is 1. The second kappa shape index (κ2) is 8.82. The SMILES string of the molecule is C=CC(=O)N1CCN(c2cc3c(c(-c4ccc(Oc5ccccc5)cc4)c2)CNC3=O)CC1. The molecule has 0 aliphatic carbocycles. The van der Waals surface area contributed by atoms with Crippen molar-refractivity contribution >= 4 is 17.5 Å². The van der Waals surface area contributed by atoms with Crippen molar-refractivity contribution < 1.29 is 14.3 Å². The summed E-state index contributed by atoms with van der Waals surface area (Å²) in [5.74, 6) is 1.46. The van der Waals surface area contributed by atoms with Gasteiger partial charge in [0, 0.05) is 44.0 Å². The Hall–Kier alpha value is -4.06. The van der Waals surface area contributed by atoms with Crippen LogP contribution in [0.5, 0.6) is 11.5 Å². The van der Waals surface area contributed by atoms with Crippen LogP contribution in [0.2, 0.25) is 0 Å². The number of amides is 2. The van der Waals surface area contributed by atoms with Crippen LogP contribution < -0.4 is 15.0 Å². The minimum atomic E-state index is -0.0439. The van der Waals surface area contributed by atoms with Crippen LogP contribution in [-0.2, 0) is 11.3 Å². The predicted octanol–water partition coefficient (Wildman–Crippen LogP) is 4.22. The summed E-state index contributed by atoms with van der Waals surface area (Å²) in [4.78, 5) is 28.5. The number of hydrogen-bond acceptors (Lipinski definition) is 4. The number of carbonyl (C=O) groups is 2. The molecule has 2 amide bonds. The first-order valence-electron chi connectivity index (χ1n) is 11.1. The number of piperazine rings is 1. The molecule has 5 rings (SSSR count). The van der Waals surface area contributed by atoms with E-state index >= 15 is 0 Å². The Balaban J connectivity index is 1.42. The Labute approximate surface area is 193 Å². The molecule has 6 nitrogen and oxygen atoms in total. The lowest BCUT2D eigenvalue weighted by Gasteiger charge is -2.36. The molecule has 2 aliphatic heterocycles. The smallest absolute Gasteiger partial charge is 0.251 e. The van der Waals surface area contributed by atoms with Gasteiger partial charge in [-0.1, -0.05) is 36.9 Å². The second-order valence-electron chi connectivity index (χ2n) is 8.16. The topological polar surface area (TPSA) is 61.9 Å². The van der Waals surface area contributed by atoms with Gasteiger partial charge in [-0.25, -0.2) is 0 Å². The van der Waals surface area contributed by atoms with Gasteiger partial charge in [-0.15, -0.1) is 0 Å². The van der Waals surface area contributed by atoms with Crippen molar-refractivity contribution in [2.24, 2.45) is 0 Å². The van der Waals surface area contributed by atoms with E-state index in [1.807, 2.05) is 60.7 Å². The monoisotopic (exact) mass is 439 g/mol. The van der Waals surface area contributed by atoms with Gasteiger partial charge in [0.05, 0.1) is 0 Å². The number of para-hydroxylation sites is 1. The maximum Gasteiger partial charge on any atom is 0.251 e. The highest BCUT2D eigenvalue weighted by Gasteiger charge is 2.26. The number of nitrogens with zero attached hydrogens (tertiary/aromatic N) is 2. The first kappa shape index (κ1) is 20.8. The molecule has 0 atom stereocenters. The highest BCUT2D eigenvalue weighted by Crippen LogP contribution is 2.35. The average molecular weight is 440 g/mol. The lowest BCUT2D eigenvalue weighted by Crippen LogP contribution is -2.48. The van der Waals surface area contributed by atoms with Crippen LogP contribution in [0, 0.1) is 0 Å². The highest BCUT2D eigenvalue weighted by molar-refractivity contribution is 6.02. The number of rotatable bonds is 5. The second-order valence-corrected chi connectivity index (χ2v) is 8.16. The standard InChI is InChI=1S/C27H25N3O3/c1-2-26(31)30-14-12-29(13-15-30)20-16-23(25-18-28-27(32)24(25)17-20)19-8-10-22(11-9-19)33-21-6-4-3-5-7-21/h2-11,16-17H,1,12-15,18H2,(H,28,32). The van der Waals surface area contributed by atoms with Crippen LogP contribution in [0.1, 0.15) is 15.9 Å². The Kier molecular flexibility index (Phi) is 5.57. The lowest BCUT2D eigenvalue weighted by molar-refractivity contribution is -0.126. The fourth-order valence-electron chi connectivity index (χ4n) is 4.40. The lowest BCUT2D eigenvalue weighted by atomic mass is 9.95. The molecule has 0 saturated carbocycles. The fourth-order valence-corrected chi connectivity index (χ4v) is 4.40. The van der Waals surface area contributed by atoms with Crippen molar-refractivity contribution in [3.63, 3.8) is 0 Å². The predicted molar refractivity (Wildman–Crippen MR) is 129 cm³/mol. The molecule has 0 radical (unpaired) electrons. The number of nitrogens with one attached hydrogen (secondary N) is 1. The molecule has 0 aromatic heterocycles. The molecule has 1 saturated heterocycles. The minimum Gasteiger partial charge on any atom is -0.457 e. The van der Waals surface area contributed by atoms with E-state index in [0.717, 1.165) is 39.4 Å². The summed E-state index contributed by atoms with van der Waals surface area (Å²) in [6.45, 7) is 6.79. The molecule has 0 unspecified atom stereocenters. The summed E-state index contributed by atoms with van der Waals surface area (Å²) in [5.41, 5.74) is 4.80. The van der Waals surface area contributed by atoms with E-state index < -0.39 is 0 Å². The maximum absolute atomic E-state index is 12.5. The van der Waals surface area contributed by atoms with E-state index in [2.05, 4.69) is 22.9 Å². The van der Waals surface area contributed by atoms with Gasteiger partial charge in [-0.05, 0) is 59.2 Å². The van der Waals surface area contributed by atoms with Crippen molar-refractivity contribution in [2.45, 2.75) is 6.54 Å². The molecule has 2 heterocycles. The molecule has 2 aliphatic rings. The first-order chi connectivity index (χ1) is 16.1. The third kappa shape index (κ3) is 4.20. The Morgan fingerprint density at radius 1 is 0.909 bits per heavy atom. The van der Waals surface area contributed by atoms with Gasteiger partial charge in [-0.2, -0.15) is 0 Å². The molecule has 0 bridgehead atoms. The van der Waals surface area contributed by atoms with Crippen LogP contribution in [0.3, 0.4) is 0 Å². The fraction of sp³-hybridized carbons (Fsp3) is 0.185. The van der Waals surface area contributed by atoms with Crippen molar-refractivity contribution in [1.29, 1.82) is 0 Å². The zero-order valence-electron chi connectivity index (χ0n) is 18.3. The van der Waals surface area contributed by atoms with Crippen molar-refractivity contribution in [1.82, 2.24) is 10.2 Å². The van der Waals surface area contributed by atoms with E-state index in [1.165, 1.54) is 6.08 Å². The third-order valence-corrected chi connectivity index (χ3v) is 6.18. The Morgan fingerprint density at radius 3 is 2.27 bits per heavy atom. The molecule has 33 heavy (non-hydrogen) atoms. The van der Waals surface area contributed by atoms with Crippen LogP contribution in [0.4, 0.5) is 5.69 Å². The number of benzene rings is 3. The van der Waals surface area contributed by atoms with Gasteiger partial charge >= 0.3 is 0 Å². The van der Waals surface area contributed by atoms with Crippen molar-refractivity contribution in [3.8, 4) is 22.6 Å². The molecule has 166 valence electrons. The van der Waals surface area contributed by atoms with Crippen LogP contribution in [0.15, 0.2) is 79.4 Å². The van der Waals surface area contributed by atoms with Gasteiger partial charge in [-0.3, -0.25) is 9.59 Å².